The third-order valence-corrected chi connectivity index (χ3v) is 6.42. The van der Waals surface area contributed by atoms with Crippen molar-refractivity contribution in [2.45, 2.75) is 70.7 Å². The van der Waals surface area contributed by atoms with E-state index in [9.17, 15) is 14.3 Å². The molecule has 0 spiro atoms. The van der Waals surface area contributed by atoms with Crippen LogP contribution in [0.15, 0.2) is 35.5 Å². The predicted molar refractivity (Wildman–Crippen MR) is 126 cm³/mol. The quantitative estimate of drug-likeness (QED) is 0.549. The predicted octanol–water partition coefficient (Wildman–Crippen LogP) is 2.88. The van der Waals surface area contributed by atoms with Crippen LogP contribution in [0.4, 0.5) is 4.39 Å². The van der Waals surface area contributed by atoms with Crippen LogP contribution in [0.3, 0.4) is 0 Å². The molecule has 1 amide bonds. The summed E-state index contributed by atoms with van der Waals surface area (Å²) in [6, 6.07) is 8.08. The number of carbonyl (C=O) groups excluding carboxylic acids is 1. The highest BCUT2D eigenvalue weighted by Gasteiger charge is 2.34. The van der Waals surface area contributed by atoms with Crippen molar-refractivity contribution in [1.82, 2.24) is 20.6 Å². The molecule has 0 bridgehead atoms. The van der Waals surface area contributed by atoms with Gasteiger partial charge < -0.3 is 20.6 Å². The molecule has 0 radical (unpaired) electrons. The first-order valence-electron chi connectivity index (χ1n) is 11.9. The van der Waals surface area contributed by atoms with Crippen LogP contribution in [0.2, 0.25) is 0 Å². The molecule has 34 heavy (non-hydrogen) atoms. The zero-order chi connectivity index (χ0) is 24.1. The lowest BCUT2D eigenvalue weighted by Crippen LogP contribution is -2.39. The third kappa shape index (κ3) is 6.36. The van der Waals surface area contributed by atoms with E-state index in [-0.39, 0.29) is 36.2 Å². The lowest BCUT2D eigenvalue weighted by atomic mass is 9.81. The van der Waals surface area contributed by atoms with E-state index in [4.69, 9.17) is 4.84 Å². The van der Waals surface area contributed by atoms with Gasteiger partial charge >= 0.3 is 0 Å². The maximum absolute atomic E-state index is 13.1. The van der Waals surface area contributed by atoms with Crippen molar-refractivity contribution in [1.29, 1.82) is 0 Å². The monoisotopic (exact) mass is 469 g/mol. The lowest BCUT2D eigenvalue weighted by molar-refractivity contribution is 0.0228. The summed E-state index contributed by atoms with van der Waals surface area (Å²) in [5.74, 6) is 0.271. The Balaban J connectivity index is 1.32. The summed E-state index contributed by atoms with van der Waals surface area (Å²) >= 11 is 0. The van der Waals surface area contributed by atoms with Crippen molar-refractivity contribution in [3.63, 3.8) is 0 Å². The van der Waals surface area contributed by atoms with Crippen LogP contribution in [0, 0.1) is 18.7 Å². The molecule has 1 fully saturated rings. The van der Waals surface area contributed by atoms with Crippen molar-refractivity contribution in [2.75, 3.05) is 6.54 Å². The highest BCUT2D eigenvalue weighted by Crippen LogP contribution is 2.33. The minimum absolute atomic E-state index is 0.0127. The van der Waals surface area contributed by atoms with Crippen LogP contribution in [-0.2, 0) is 11.4 Å². The summed E-state index contributed by atoms with van der Waals surface area (Å²) in [6.45, 7) is 4.43. The molecule has 8 nitrogen and oxygen atoms in total. The topological polar surface area (TPSA) is 109 Å². The average molecular weight is 470 g/mol. The zero-order valence-corrected chi connectivity index (χ0v) is 19.6. The number of nitrogens with zero attached hydrogens (tertiary/aromatic N) is 3. The summed E-state index contributed by atoms with van der Waals surface area (Å²) in [4.78, 5) is 27.2. The van der Waals surface area contributed by atoms with Gasteiger partial charge in [0.05, 0.1) is 11.8 Å². The maximum Gasteiger partial charge on any atom is 0.270 e. The second-order valence-corrected chi connectivity index (χ2v) is 9.25. The molecule has 0 saturated heterocycles. The summed E-state index contributed by atoms with van der Waals surface area (Å²) in [5.41, 5.74) is 2.40. The molecule has 2 aromatic rings. The summed E-state index contributed by atoms with van der Waals surface area (Å²) in [5, 5.41) is 20.0. The molecule has 1 aliphatic carbocycles. The molecule has 9 heteroatoms. The van der Waals surface area contributed by atoms with E-state index < -0.39 is 0 Å². The smallest absolute Gasteiger partial charge is 0.270 e. The zero-order valence-electron chi connectivity index (χ0n) is 19.6. The Labute approximate surface area is 199 Å². The highest BCUT2D eigenvalue weighted by atomic mass is 19.1. The SMILES string of the molecule is Cc1nc(C(=O)NCc2ccc(F)cc2)cc(C2=NOC(C3CCC(NC[C@H](C)O)CC3)C2)n1. The number of aryl methyl sites for hydroxylation is 1. The Bertz CT molecular complexity index is 1020. The fourth-order valence-electron chi connectivity index (χ4n) is 4.54. The molecule has 1 aromatic heterocycles. The molecule has 3 N–H and O–H groups in total. The van der Waals surface area contributed by atoms with Crippen molar-refractivity contribution >= 4 is 11.6 Å². The summed E-state index contributed by atoms with van der Waals surface area (Å²) in [7, 11) is 0. The first-order valence-corrected chi connectivity index (χ1v) is 11.9. The molecule has 4 rings (SSSR count). The number of aliphatic hydroxyl groups excluding tert-OH is 1. The normalized spacial score (nSPS) is 23.2. The van der Waals surface area contributed by atoms with E-state index in [1.807, 2.05) is 0 Å². The van der Waals surface area contributed by atoms with Gasteiger partial charge in [0.1, 0.15) is 29.2 Å². The van der Waals surface area contributed by atoms with E-state index in [1.165, 1.54) is 12.1 Å². The van der Waals surface area contributed by atoms with Crippen LogP contribution in [-0.4, -0.2) is 51.5 Å². The first kappa shape index (κ1) is 24.2. The number of amides is 1. The Kier molecular flexibility index (Phi) is 7.84. The Morgan fingerprint density at radius 3 is 2.65 bits per heavy atom. The first-order chi connectivity index (χ1) is 16.4. The fraction of sp³-hybridized carbons (Fsp3) is 0.520. The summed E-state index contributed by atoms with van der Waals surface area (Å²) in [6.07, 6.45) is 4.53. The number of carbonyl (C=O) groups is 1. The van der Waals surface area contributed by atoms with E-state index in [0.717, 1.165) is 37.0 Å². The van der Waals surface area contributed by atoms with Gasteiger partial charge in [-0.05, 0) is 69.2 Å². The Morgan fingerprint density at radius 1 is 1.21 bits per heavy atom. The van der Waals surface area contributed by atoms with Crippen LogP contribution in [0.1, 0.15) is 66.6 Å². The number of hydrogen-bond acceptors (Lipinski definition) is 7. The number of benzene rings is 1. The van der Waals surface area contributed by atoms with Crippen LogP contribution in [0.25, 0.3) is 0 Å². The van der Waals surface area contributed by atoms with Gasteiger partial charge in [-0.15, -0.1) is 0 Å². The second kappa shape index (κ2) is 11.0. The summed E-state index contributed by atoms with van der Waals surface area (Å²) < 4.78 is 13.1. The minimum atomic E-state index is -0.335. The molecule has 2 aliphatic rings. The van der Waals surface area contributed by atoms with Crippen LogP contribution in [0.5, 0.6) is 0 Å². The van der Waals surface area contributed by atoms with Gasteiger partial charge in [0.2, 0.25) is 0 Å². The molecule has 1 aromatic carbocycles. The van der Waals surface area contributed by atoms with Gasteiger partial charge in [-0.2, -0.15) is 0 Å². The van der Waals surface area contributed by atoms with Gasteiger partial charge in [-0.25, -0.2) is 14.4 Å². The molecule has 182 valence electrons. The average Bonchev–Trinajstić information content (AvgIpc) is 3.32. The molecule has 1 saturated carbocycles. The van der Waals surface area contributed by atoms with Gasteiger partial charge in [-0.3, -0.25) is 4.79 Å². The van der Waals surface area contributed by atoms with Gasteiger partial charge in [0.15, 0.2) is 0 Å². The number of oxime groups is 1. The van der Waals surface area contributed by atoms with E-state index >= 15 is 0 Å². The maximum atomic E-state index is 13.1. The molecule has 2 heterocycles. The second-order valence-electron chi connectivity index (χ2n) is 9.25. The van der Waals surface area contributed by atoms with Crippen molar-refractivity contribution in [3.05, 3.63) is 58.9 Å². The van der Waals surface area contributed by atoms with Crippen molar-refractivity contribution in [3.8, 4) is 0 Å². The number of aromatic nitrogens is 2. The number of hydrogen-bond donors (Lipinski definition) is 3. The minimum Gasteiger partial charge on any atom is -0.392 e. The lowest BCUT2D eigenvalue weighted by Gasteiger charge is -2.31. The largest absolute Gasteiger partial charge is 0.392 e. The number of rotatable bonds is 8. The third-order valence-electron chi connectivity index (χ3n) is 6.42. The molecular weight excluding hydrogens is 437 g/mol. The Hall–Kier alpha value is -2.91. The van der Waals surface area contributed by atoms with E-state index in [2.05, 4.69) is 25.8 Å². The fourth-order valence-corrected chi connectivity index (χ4v) is 4.54. The van der Waals surface area contributed by atoms with E-state index in [1.54, 1.807) is 32.0 Å². The molecule has 1 aliphatic heterocycles. The Morgan fingerprint density at radius 2 is 1.94 bits per heavy atom. The highest BCUT2D eigenvalue weighted by molar-refractivity contribution is 6.01. The number of aliphatic hydroxyl groups is 1. The molecular formula is C25H32FN5O3. The van der Waals surface area contributed by atoms with Crippen molar-refractivity contribution < 1.29 is 19.1 Å². The standard InChI is InChI=1S/C25H32FN5O3/c1-15(32)13-27-20-9-5-18(6-10-20)24-12-22(31-34-24)21-11-23(30-16(2)29-21)25(33)28-14-17-3-7-19(26)8-4-17/h3-4,7-8,11,15,18,20,24,27,32H,5-6,9-10,12-14H2,1-2H3,(H,28,33)/t15-,18?,20?,24?/m0/s1. The van der Waals surface area contributed by atoms with Gasteiger partial charge in [0, 0.05) is 25.6 Å². The molecule has 2 atom stereocenters. The number of halogens is 1. The molecule has 1 unspecified atom stereocenters. The van der Waals surface area contributed by atoms with Crippen molar-refractivity contribution in [2.24, 2.45) is 11.1 Å². The number of nitrogens with one attached hydrogen (secondary N) is 2. The van der Waals surface area contributed by atoms with E-state index in [0.29, 0.717) is 36.4 Å². The van der Waals surface area contributed by atoms with Gasteiger partial charge in [-0.1, -0.05) is 17.3 Å². The van der Waals surface area contributed by atoms with Crippen LogP contribution < -0.4 is 10.6 Å². The van der Waals surface area contributed by atoms with Gasteiger partial charge in [0.25, 0.3) is 5.91 Å². The van der Waals surface area contributed by atoms with Crippen LogP contribution >= 0.6 is 0 Å².